The fraction of sp³-hybridized carbons (Fsp3) is 0.158. The first-order chi connectivity index (χ1) is 13.4. The number of carbonyl (C=O) groups is 2. The molecule has 144 valence electrons. The number of amides is 2. The first-order valence-electron chi connectivity index (χ1n) is 8.44. The summed E-state index contributed by atoms with van der Waals surface area (Å²) < 4.78 is 6.96. The van der Waals surface area contributed by atoms with Gasteiger partial charge in [0.1, 0.15) is 11.6 Å². The Hall–Kier alpha value is -3.39. The lowest BCUT2D eigenvalue weighted by atomic mass is 10.3. The second-order valence-corrected chi connectivity index (χ2v) is 6.35. The third-order valence-electron chi connectivity index (χ3n) is 3.77. The molecule has 9 heteroatoms. The summed E-state index contributed by atoms with van der Waals surface area (Å²) in [5, 5.41) is 7.61. The highest BCUT2D eigenvalue weighted by molar-refractivity contribution is 6.30. The summed E-state index contributed by atoms with van der Waals surface area (Å²) in [6.07, 6.45) is 0.139. The Kier molecular flexibility index (Phi) is 5.90. The molecule has 0 spiro atoms. The van der Waals surface area contributed by atoms with Crippen LogP contribution in [0.2, 0.25) is 5.02 Å². The van der Waals surface area contributed by atoms with Crippen molar-refractivity contribution in [1.82, 2.24) is 14.8 Å². The zero-order valence-electron chi connectivity index (χ0n) is 15.1. The van der Waals surface area contributed by atoms with Crippen molar-refractivity contribution in [2.45, 2.75) is 13.3 Å². The molecule has 0 aliphatic rings. The monoisotopic (exact) mass is 399 g/mol. The number of hydrogen-bond acceptors (Lipinski definition) is 5. The number of hydrogen-bond donors (Lipinski definition) is 2. The molecule has 8 nitrogen and oxygen atoms in total. The van der Waals surface area contributed by atoms with Crippen molar-refractivity contribution in [2.75, 3.05) is 11.9 Å². The van der Waals surface area contributed by atoms with Gasteiger partial charge in [-0.3, -0.25) is 9.59 Å². The molecule has 28 heavy (non-hydrogen) atoms. The van der Waals surface area contributed by atoms with E-state index in [4.69, 9.17) is 22.1 Å². The smallest absolute Gasteiger partial charge is 0.295 e. The number of rotatable bonds is 7. The van der Waals surface area contributed by atoms with Crippen LogP contribution in [0.25, 0.3) is 5.69 Å². The first-order valence-corrected chi connectivity index (χ1v) is 8.82. The summed E-state index contributed by atoms with van der Waals surface area (Å²) in [4.78, 5) is 27.4. The Morgan fingerprint density at radius 3 is 2.46 bits per heavy atom. The maximum atomic E-state index is 12.4. The molecule has 0 unspecified atom stereocenters. The highest BCUT2D eigenvalue weighted by atomic mass is 35.5. The third kappa shape index (κ3) is 4.86. The Morgan fingerprint density at radius 2 is 1.82 bits per heavy atom. The normalized spacial score (nSPS) is 10.5. The number of nitrogens with two attached hydrogens (primary N) is 1. The van der Waals surface area contributed by atoms with Crippen LogP contribution in [0.3, 0.4) is 0 Å². The fourth-order valence-corrected chi connectivity index (χ4v) is 2.53. The van der Waals surface area contributed by atoms with Gasteiger partial charge in [-0.05, 0) is 55.5 Å². The average molecular weight is 400 g/mol. The number of nitrogens with one attached hydrogen (secondary N) is 1. The van der Waals surface area contributed by atoms with Gasteiger partial charge in [0.05, 0.1) is 18.7 Å². The lowest BCUT2D eigenvalue weighted by molar-refractivity contribution is -0.118. The summed E-state index contributed by atoms with van der Waals surface area (Å²) in [7, 11) is 0. The summed E-state index contributed by atoms with van der Waals surface area (Å²) >= 11 is 5.90. The molecule has 3 aromatic rings. The lowest BCUT2D eigenvalue weighted by Crippen LogP contribution is -2.15. The molecule has 0 radical (unpaired) electrons. The van der Waals surface area contributed by atoms with Crippen LogP contribution in [0.1, 0.15) is 22.9 Å². The van der Waals surface area contributed by atoms with Crippen LogP contribution in [0.15, 0.2) is 48.5 Å². The molecule has 3 N–H and O–H groups in total. The van der Waals surface area contributed by atoms with E-state index in [-0.39, 0.29) is 18.9 Å². The van der Waals surface area contributed by atoms with Crippen LogP contribution in [0.4, 0.5) is 5.69 Å². The minimum Gasteiger partial charge on any atom is -0.493 e. The minimum atomic E-state index is -0.432. The second-order valence-electron chi connectivity index (χ2n) is 5.91. The van der Waals surface area contributed by atoms with Gasteiger partial charge in [-0.2, -0.15) is 0 Å². The summed E-state index contributed by atoms with van der Waals surface area (Å²) in [5.74, 6) is 0.336. The van der Waals surface area contributed by atoms with Crippen molar-refractivity contribution in [1.29, 1.82) is 0 Å². The fourth-order valence-electron chi connectivity index (χ4n) is 2.40. The molecule has 0 bridgehead atoms. The van der Waals surface area contributed by atoms with Gasteiger partial charge in [-0.1, -0.05) is 11.6 Å². The van der Waals surface area contributed by atoms with Gasteiger partial charge in [0.2, 0.25) is 11.7 Å². The average Bonchev–Trinajstić information content (AvgIpc) is 3.05. The summed E-state index contributed by atoms with van der Waals surface area (Å²) in [6, 6.07) is 13.8. The molecule has 1 heterocycles. The predicted molar refractivity (Wildman–Crippen MR) is 105 cm³/mol. The molecule has 0 saturated carbocycles. The van der Waals surface area contributed by atoms with Gasteiger partial charge in [0.25, 0.3) is 5.91 Å². The van der Waals surface area contributed by atoms with E-state index < -0.39 is 11.8 Å². The number of nitrogens with zero attached hydrogens (tertiary/aromatic N) is 3. The Morgan fingerprint density at radius 1 is 1.14 bits per heavy atom. The number of aryl methyl sites for hydroxylation is 1. The van der Waals surface area contributed by atoms with E-state index in [0.717, 1.165) is 5.69 Å². The predicted octanol–water partition coefficient (Wildman–Crippen LogP) is 2.74. The first kappa shape index (κ1) is 19.4. The number of anilines is 1. The van der Waals surface area contributed by atoms with Crippen LogP contribution >= 0.6 is 11.6 Å². The van der Waals surface area contributed by atoms with Crippen LogP contribution in [-0.2, 0) is 4.79 Å². The van der Waals surface area contributed by atoms with E-state index in [0.29, 0.717) is 22.3 Å². The van der Waals surface area contributed by atoms with Crippen LogP contribution in [0, 0.1) is 6.92 Å². The van der Waals surface area contributed by atoms with Gasteiger partial charge in [-0.15, -0.1) is 5.10 Å². The standard InChI is InChI=1S/C19H18ClN5O3/c1-12-22-18(24-25(12)15-6-2-13(20)3-7-15)19(27)23-14-4-8-16(9-5-14)28-11-10-17(21)26/h2-9H,10-11H2,1H3,(H2,21,26)(H,23,27). The van der Waals surface area contributed by atoms with Crippen LogP contribution in [0.5, 0.6) is 5.75 Å². The number of benzene rings is 2. The lowest BCUT2D eigenvalue weighted by Gasteiger charge is -2.06. The van der Waals surface area contributed by atoms with E-state index in [9.17, 15) is 9.59 Å². The molecular weight excluding hydrogens is 382 g/mol. The van der Waals surface area contributed by atoms with E-state index in [1.165, 1.54) is 0 Å². The second kappa shape index (κ2) is 8.53. The van der Waals surface area contributed by atoms with E-state index in [1.807, 2.05) is 0 Å². The molecule has 0 aliphatic carbocycles. The van der Waals surface area contributed by atoms with E-state index >= 15 is 0 Å². The summed E-state index contributed by atoms with van der Waals surface area (Å²) in [6.45, 7) is 1.96. The van der Waals surface area contributed by atoms with E-state index in [1.54, 1.807) is 60.1 Å². The molecule has 0 saturated heterocycles. The molecular formula is C19H18ClN5O3. The van der Waals surface area contributed by atoms with Crippen molar-refractivity contribution >= 4 is 29.1 Å². The number of aromatic nitrogens is 3. The quantitative estimate of drug-likeness (QED) is 0.634. The molecule has 1 aromatic heterocycles. The zero-order chi connectivity index (χ0) is 20.1. The number of primary amides is 1. The van der Waals surface area contributed by atoms with Crippen molar-refractivity contribution in [2.24, 2.45) is 5.73 Å². The highest BCUT2D eigenvalue weighted by Gasteiger charge is 2.15. The SMILES string of the molecule is Cc1nc(C(=O)Nc2ccc(OCCC(N)=O)cc2)nn1-c1ccc(Cl)cc1. The maximum absolute atomic E-state index is 12.4. The topological polar surface area (TPSA) is 112 Å². The largest absolute Gasteiger partial charge is 0.493 e. The Balaban J connectivity index is 1.65. The van der Waals surface area contributed by atoms with Gasteiger partial charge in [0.15, 0.2) is 0 Å². The number of halogens is 1. The number of ether oxygens (including phenoxy) is 1. The van der Waals surface area contributed by atoms with Crippen LogP contribution < -0.4 is 15.8 Å². The van der Waals surface area contributed by atoms with Crippen molar-refractivity contribution in [3.05, 3.63) is 65.2 Å². The maximum Gasteiger partial charge on any atom is 0.295 e. The molecule has 2 aromatic carbocycles. The van der Waals surface area contributed by atoms with Gasteiger partial charge in [0, 0.05) is 10.7 Å². The zero-order valence-corrected chi connectivity index (χ0v) is 15.8. The Bertz CT molecular complexity index is 984. The summed E-state index contributed by atoms with van der Waals surface area (Å²) in [5.41, 5.74) is 6.38. The third-order valence-corrected chi connectivity index (χ3v) is 4.02. The van der Waals surface area contributed by atoms with Crippen molar-refractivity contribution in [3.8, 4) is 11.4 Å². The van der Waals surface area contributed by atoms with Crippen molar-refractivity contribution < 1.29 is 14.3 Å². The molecule has 0 aliphatic heterocycles. The number of carbonyl (C=O) groups excluding carboxylic acids is 2. The molecule has 0 fully saturated rings. The van der Waals surface area contributed by atoms with Crippen LogP contribution in [-0.4, -0.2) is 33.2 Å². The molecule has 3 rings (SSSR count). The highest BCUT2D eigenvalue weighted by Crippen LogP contribution is 2.17. The van der Waals surface area contributed by atoms with Gasteiger partial charge in [-0.25, -0.2) is 9.67 Å². The van der Waals surface area contributed by atoms with Gasteiger partial charge >= 0.3 is 0 Å². The van der Waals surface area contributed by atoms with Crippen molar-refractivity contribution in [3.63, 3.8) is 0 Å². The molecule has 2 amide bonds. The van der Waals surface area contributed by atoms with Gasteiger partial charge < -0.3 is 15.8 Å². The Labute approximate surface area is 166 Å². The van der Waals surface area contributed by atoms with E-state index in [2.05, 4.69) is 15.4 Å². The molecule has 0 atom stereocenters. The minimum absolute atomic E-state index is 0.0502.